The van der Waals surface area contributed by atoms with Crippen LogP contribution in [-0.2, 0) is 4.79 Å². The molecule has 0 aliphatic carbocycles. The molecule has 3 rings (SSSR count). The summed E-state index contributed by atoms with van der Waals surface area (Å²) in [5.41, 5.74) is 2.48. The zero-order valence-electron chi connectivity index (χ0n) is 10.7. The average molecular weight is 264 g/mol. The highest BCUT2D eigenvalue weighted by molar-refractivity contribution is 6.30. The van der Waals surface area contributed by atoms with E-state index >= 15 is 0 Å². The van der Waals surface area contributed by atoms with Gasteiger partial charge < -0.3 is 4.90 Å². The molecule has 2 aliphatic rings. The number of carbonyl (C=O) groups excluding carboxylic acids is 1. The van der Waals surface area contributed by atoms with Crippen molar-refractivity contribution >= 4 is 23.1 Å². The lowest BCUT2D eigenvalue weighted by atomic mass is 9.83. The fourth-order valence-electron chi connectivity index (χ4n) is 3.48. The van der Waals surface area contributed by atoms with Crippen molar-refractivity contribution in [2.75, 3.05) is 4.90 Å². The van der Waals surface area contributed by atoms with Crippen molar-refractivity contribution in [3.05, 3.63) is 28.8 Å². The van der Waals surface area contributed by atoms with Crippen LogP contribution in [0, 0.1) is 6.92 Å². The highest BCUT2D eigenvalue weighted by Crippen LogP contribution is 2.38. The van der Waals surface area contributed by atoms with Gasteiger partial charge >= 0.3 is 0 Å². The van der Waals surface area contributed by atoms with Gasteiger partial charge in [-0.2, -0.15) is 0 Å². The molecule has 96 valence electrons. The van der Waals surface area contributed by atoms with E-state index in [1.54, 1.807) is 0 Å². The molecule has 2 saturated heterocycles. The first-order valence-corrected chi connectivity index (χ1v) is 7.09. The summed E-state index contributed by atoms with van der Waals surface area (Å²) in [5, 5.41) is 0.787. The van der Waals surface area contributed by atoms with E-state index in [0.717, 1.165) is 30.7 Å². The summed E-state index contributed by atoms with van der Waals surface area (Å²) in [6, 6.07) is 6.90. The zero-order chi connectivity index (χ0) is 12.7. The lowest BCUT2D eigenvalue weighted by Gasteiger charge is -2.47. The molecule has 2 atom stereocenters. The second kappa shape index (κ2) is 4.58. The minimum Gasteiger partial charge on any atom is -0.364 e. The van der Waals surface area contributed by atoms with Gasteiger partial charge in [-0.1, -0.05) is 11.6 Å². The number of Topliss-reactive ketones (excluding diaryl/α,β-unsaturated/α-hetero) is 1. The Morgan fingerprint density at radius 3 is 2.50 bits per heavy atom. The molecule has 1 aromatic rings. The third-order valence-corrected chi connectivity index (χ3v) is 4.46. The van der Waals surface area contributed by atoms with Crippen LogP contribution in [-0.4, -0.2) is 17.9 Å². The van der Waals surface area contributed by atoms with Crippen LogP contribution in [0.4, 0.5) is 5.69 Å². The van der Waals surface area contributed by atoms with Crippen LogP contribution in [0.15, 0.2) is 18.2 Å². The van der Waals surface area contributed by atoms with Gasteiger partial charge in [0.05, 0.1) is 0 Å². The summed E-state index contributed by atoms with van der Waals surface area (Å²) < 4.78 is 0. The summed E-state index contributed by atoms with van der Waals surface area (Å²) in [7, 11) is 0. The third-order valence-electron chi connectivity index (χ3n) is 4.23. The normalized spacial score (nSPS) is 27.4. The molecular weight excluding hydrogens is 246 g/mol. The van der Waals surface area contributed by atoms with Gasteiger partial charge in [-0.05, 0) is 49.9 Å². The number of benzene rings is 1. The van der Waals surface area contributed by atoms with E-state index in [0.29, 0.717) is 17.9 Å². The monoisotopic (exact) mass is 263 g/mol. The SMILES string of the molecule is Cc1cc(Cl)ccc1N1C2CCCC1CC(=O)C2. The molecule has 0 amide bonds. The third kappa shape index (κ3) is 2.03. The van der Waals surface area contributed by atoms with Crippen LogP contribution >= 0.6 is 11.6 Å². The lowest BCUT2D eigenvalue weighted by Crippen LogP contribution is -2.52. The molecule has 0 radical (unpaired) electrons. The molecule has 0 N–H and O–H groups in total. The number of hydrogen-bond acceptors (Lipinski definition) is 2. The van der Waals surface area contributed by atoms with Crippen molar-refractivity contribution in [3.8, 4) is 0 Å². The number of fused-ring (bicyclic) bond motifs is 2. The van der Waals surface area contributed by atoms with Gasteiger partial charge in [0.15, 0.2) is 0 Å². The van der Waals surface area contributed by atoms with E-state index < -0.39 is 0 Å². The van der Waals surface area contributed by atoms with Gasteiger partial charge in [0.2, 0.25) is 0 Å². The smallest absolute Gasteiger partial charge is 0.137 e. The van der Waals surface area contributed by atoms with Crippen LogP contribution < -0.4 is 4.90 Å². The molecular formula is C15H18ClNO. The zero-order valence-corrected chi connectivity index (χ0v) is 11.4. The van der Waals surface area contributed by atoms with E-state index in [-0.39, 0.29) is 0 Å². The van der Waals surface area contributed by atoms with Gasteiger partial charge in [0.1, 0.15) is 5.78 Å². The van der Waals surface area contributed by atoms with Gasteiger partial charge in [-0.3, -0.25) is 4.79 Å². The molecule has 2 heterocycles. The first-order valence-electron chi connectivity index (χ1n) is 6.71. The Morgan fingerprint density at radius 2 is 1.89 bits per heavy atom. The van der Waals surface area contributed by atoms with Crippen LogP contribution in [0.1, 0.15) is 37.7 Å². The first kappa shape index (κ1) is 12.0. The van der Waals surface area contributed by atoms with Crippen molar-refractivity contribution < 1.29 is 4.79 Å². The minimum absolute atomic E-state index is 0.407. The lowest BCUT2D eigenvalue weighted by molar-refractivity contribution is -0.121. The molecule has 18 heavy (non-hydrogen) atoms. The molecule has 2 aliphatic heterocycles. The van der Waals surface area contributed by atoms with Gasteiger partial charge in [0.25, 0.3) is 0 Å². The minimum atomic E-state index is 0.407. The molecule has 1 aromatic carbocycles. The Labute approximate surface area is 113 Å². The predicted molar refractivity (Wildman–Crippen MR) is 74.3 cm³/mol. The Bertz CT molecular complexity index is 469. The van der Waals surface area contributed by atoms with E-state index in [9.17, 15) is 4.79 Å². The molecule has 0 spiro atoms. The highest BCUT2D eigenvalue weighted by Gasteiger charge is 2.37. The van der Waals surface area contributed by atoms with Crippen LogP contribution in [0.5, 0.6) is 0 Å². The molecule has 2 unspecified atom stereocenters. The number of piperidine rings is 2. The van der Waals surface area contributed by atoms with Crippen LogP contribution in [0.3, 0.4) is 0 Å². The number of halogens is 1. The summed E-state index contributed by atoms with van der Waals surface area (Å²) in [6.45, 7) is 2.10. The summed E-state index contributed by atoms with van der Waals surface area (Å²) >= 11 is 6.03. The van der Waals surface area contributed by atoms with E-state index in [1.807, 2.05) is 12.1 Å². The highest BCUT2D eigenvalue weighted by atomic mass is 35.5. The number of nitrogens with zero attached hydrogens (tertiary/aromatic N) is 1. The standard InChI is InChI=1S/C15H18ClNO/c1-10-7-11(16)5-6-15(10)17-12-3-2-4-13(17)9-14(18)8-12/h5-7,12-13H,2-4,8-9H2,1H3. The van der Waals surface area contributed by atoms with Crippen molar-refractivity contribution in [3.63, 3.8) is 0 Å². The van der Waals surface area contributed by atoms with Crippen molar-refractivity contribution in [1.29, 1.82) is 0 Å². The Kier molecular flexibility index (Phi) is 3.06. The Balaban J connectivity index is 1.97. The summed E-state index contributed by atoms with van der Waals surface area (Å²) in [5.74, 6) is 0.438. The molecule has 2 fully saturated rings. The first-order chi connectivity index (χ1) is 8.65. The molecule has 0 aromatic heterocycles. The average Bonchev–Trinajstić information content (AvgIpc) is 2.28. The van der Waals surface area contributed by atoms with Gasteiger partial charge in [0, 0.05) is 35.6 Å². The number of rotatable bonds is 1. The summed E-state index contributed by atoms with van der Waals surface area (Å²) in [6.07, 6.45) is 4.98. The van der Waals surface area contributed by atoms with Crippen LogP contribution in [0.2, 0.25) is 5.02 Å². The summed E-state index contributed by atoms with van der Waals surface area (Å²) in [4.78, 5) is 14.2. The number of aryl methyl sites for hydroxylation is 1. The van der Waals surface area contributed by atoms with Crippen LogP contribution in [0.25, 0.3) is 0 Å². The van der Waals surface area contributed by atoms with Gasteiger partial charge in [-0.15, -0.1) is 0 Å². The number of carbonyl (C=O) groups is 1. The second-order valence-electron chi connectivity index (χ2n) is 5.52. The second-order valence-corrected chi connectivity index (χ2v) is 5.96. The van der Waals surface area contributed by atoms with Crippen molar-refractivity contribution in [2.45, 2.75) is 51.1 Å². The van der Waals surface area contributed by atoms with Crippen molar-refractivity contribution in [2.24, 2.45) is 0 Å². The maximum atomic E-state index is 11.7. The Morgan fingerprint density at radius 1 is 1.22 bits per heavy atom. The predicted octanol–water partition coefficient (Wildman–Crippen LogP) is 3.74. The number of hydrogen-bond donors (Lipinski definition) is 0. The maximum absolute atomic E-state index is 11.7. The fraction of sp³-hybridized carbons (Fsp3) is 0.533. The Hall–Kier alpha value is -1.02. The number of anilines is 1. The van der Waals surface area contributed by atoms with Gasteiger partial charge in [-0.25, -0.2) is 0 Å². The fourth-order valence-corrected chi connectivity index (χ4v) is 3.70. The van der Waals surface area contributed by atoms with E-state index in [1.165, 1.54) is 17.7 Å². The molecule has 2 bridgehead atoms. The molecule has 0 saturated carbocycles. The van der Waals surface area contributed by atoms with Crippen molar-refractivity contribution in [1.82, 2.24) is 0 Å². The largest absolute Gasteiger partial charge is 0.364 e. The molecule has 3 heteroatoms. The quantitative estimate of drug-likeness (QED) is 0.769. The molecule has 2 nitrogen and oxygen atoms in total. The van der Waals surface area contributed by atoms with E-state index in [2.05, 4.69) is 17.9 Å². The van der Waals surface area contributed by atoms with E-state index in [4.69, 9.17) is 11.6 Å². The number of ketones is 1. The topological polar surface area (TPSA) is 20.3 Å². The maximum Gasteiger partial charge on any atom is 0.137 e.